The van der Waals surface area contributed by atoms with Crippen LogP contribution in [0.1, 0.15) is 25.0 Å². The van der Waals surface area contributed by atoms with Gasteiger partial charge in [-0.1, -0.05) is 61.4 Å². The van der Waals surface area contributed by atoms with Crippen molar-refractivity contribution in [1.82, 2.24) is 4.98 Å². The lowest BCUT2D eigenvalue weighted by Crippen LogP contribution is -1.96. The number of benzene rings is 2. The molecule has 1 aliphatic rings. The Balaban J connectivity index is 1.71. The fraction of sp³-hybridized carbons (Fsp3) is 0.227. The van der Waals surface area contributed by atoms with Gasteiger partial charge in [0.15, 0.2) is 0 Å². The average Bonchev–Trinajstić information content (AvgIpc) is 3.46. The van der Waals surface area contributed by atoms with Gasteiger partial charge in [0.1, 0.15) is 5.75 Å². The second kappa shape index (κ2) is 6.48. The Hall–Kier alpha value is -2.61. The SMILES string of the molecule is Oc1cnc(CCC2CC2)c(-c2cccc(-c3ccccc3)c2)c1. The lowest BCUT2D eigenvalue weighted by molar-refractivity contribution is 0.472. The molecule has 1 N–H and O–H groups in total. The van der Waals surface area contributed by atoms with Crippen LogP contribution in [-0.2, 0) is 6.42 Å². The summed E-state index contributed by atoms with van der Waals surface area (Å²) < 4.78 is 0. The van der Waals surface area contributed by atoms with Crippen LogP contribution in [0.3, 0.4) is 0 Å². The van der Waals surface area contributed by atoms with Gasteiger partial charge in [0, 0.05) is 11.3 Å². The minimum Gasteiger partial charge on any atom is -0.506 e. The maximum absolute atomic E-state index is 9.91. The first kappa shape index (κ1) is 14.9. The van der Waals surface area contributed by atoms with E-state index in [4.69, 9.17) is 0 Å². The standard InChI is InChI=1S/C22H21NO/c24-20-14-21(22(23-15-20)12-11-16-9-10-16)19-8-4-7-18(13-19)17-5-2-1-3-6-17/h1-8,13-16,24H,9-12H2. The van der Waals surface area contributed by atoms with Gasteiger partial charge in [0.25, 0.3) is 0 Å². The zero-order chi connectivity index (χ0) is 16.4. The summed E-state index contributed by atoms with van der Waals surface area (Å²) in [6.07, 6.45) is 6.46. The molecule has 24 heavy (non-hydrogen) atoms. The number of aryl methyl sites for hydroxylation is 1. The zero-order valence-corrected chi connectivity index (χ0v) is 13.7. The number of rotatable bonds is 5. The van der Waals surface area contributed by atoms with Gasteiger partial charge in [0.2, 0.25) is 0 Å². The Morgan fingerprint density at radius 3 is 2.42 bits per heavy atom. The zero-order valence-electron chi connectivity index (χ0n) is 13.7. The quantitative estimate of drug-likeness (QED) is 0.678. The van der Waals surface area contributed by atoms with Crippen molar-refractivity contribution < 1.29 is 5.11 Å². The van der Waals surface area contributed by atoms with Crippen LogP contribution >= 0.6 is 0 Å². The summed E-state index contributed by atoms with van der Waals surface area (Å²) in [6, 6.07) is 20.7. The molecule has 0 radical (unpaired) electrons. The molecule has 1 aliphatic carbocycles. The maximum Gasteiger partial charge on any atom is 0.134 e. The van der Waals surface area contributed by atoms with Crippen molar-refractivity contribution in [2.24, 2.45) is 5.92 Å². The van der Waals surface area contributed by atoms with Crippen molar-refractivity contribution in [2.75, 3.05) is 0 Å². The van der Waals surface area contributed by atoms with Crippen molar-refractivity contribution in [2.45, 2.75) is 25.7 Å². The number of hydrogen-bond donors (Lipinski definition) is 1. The number of nitrogens with zero attached hydrogens (tertiary/aromatic N) is 1. The molecule has 2 nitrogen and oxygen atoms in total. The molecule has 4 rings (SSSR count). The first-order valence-corrected chi connectivity index (χ1v) is 8.63. The van der Waals surface area contributed by atoms with Gasteiger partial charge in [-0.25, -0.2) is 0 Å². The molecule has 1 heterocycles. The van der Waals surface area contributed by atoms with Gasteiger partial charge < -0.3 is 5.11 Å². The van der Waals surface area contributed by atoms with Crippen molar-refractivity contribution >= 4 is 0 Å². The number of aromatic nitrogens is 1. The third-order valence-electron chi connectivity index (χ3n) is 4.72. The predicted octanol–water partition coefficient (Wildman–Crippen LogP) is 5.46. The van der Waals surface area contributed by atoms with E-state index in [0.29, 0.717) is 0 Å². The van der Waals surface area contributed by atoms with Crippen LogP contribution in [-0.4, -0.2) is 10.1 Å². The maximum atomic E-state index is 9.91. The molecule has 120 valence electrons. The van der Waals surface area contributed by atoms with Crippen molar-refractivity contribution in [1.29, 1.82) is 0 Å². The van der Waals surface area contributed by atoms with E-state index in [2.05, 4.69) is 53.5 Å². The van der Waals surface area contributed by atoms with Crippen LogP contribution in [0, 0.1) is 5.92 Å². The highest BCUT2D eigenvalue weighted by molar-refractivity contribution is 5.74. The molecule has 0 saturated heterocycles. The van der Waals surface area contributed by atoms with Crippen LogP contribution in [0.15, 0.2) is 66.9 Å². The molecule has 2 heteroatoms. The van der Waals surface area contributed by atoms with Crippen LogP contribution in [0.25, 0.3) is 22.3 Å². The van der Waals surface area contributed by atoms with E-state index in [9.17, 15) is 5.11 Å². The molecule has 0 spiro atoms. The molecule has 0 bridgehead atoms. The third kappa shape index (κ3) is 3.33. The molecule has 1 fully saturated rings. The Bertz CT molecular complexity index is 838. The number of pyridine rings is 1. The Morgan fingerprint density at radius 1 is 0.875 bits per heavy atom. The summed E-state index contributed by atoms with van der Waals surface area (Å²) in [7, 11) is 0. The largest absolute Gasteiger partial charge is 0.506 e. The fourth-order valence-corrected chi connectivity index (χ4v) is 3.18. The average molecular weight is 315 g/mol. The number of aromatic hydroxyl groups is 1. The molecule has 1 aromatic heterocycles. The molecule has 3 aromatic rings. The second-order valence-corrected chi connectivity index (χ2v) is 6.62. The van der Waals surface area contributed by atoms with Crippen molar-refractivity contribution in [3.05, 3.63) is 72.6 Å². The predicted molar refractivity (Wildman–Crippen MR) is 97.8 cm³/mol. The molecule has 1 saturated carbocycles. The minimum atomic E-state index is 0.227. The lowest BCUT2D eigenvalue weighted by atomic mass is 9.96. The molecular weight excluding hydrogens is 294 g/mol. The Kier molecular flexibility index (Phi) is 4.04. The van der Waals surface area contributed by atoms with Gasteiger partial charge in [-0.15, -0.1) is 0 Å². The van der Waals surface area contributed by atoms with E-state index in [0.717, 1.165) is 29.2 Å². The summed E-state index contributed by atoms with van der Waals surface area (Å²) in [6.45, 7) is 0. The molecule has 0 aliphatic heterocycles. The highest BCUT2D eigenvalue weighted by Gasteiger charge is 2.21. The summed E-state index contributed by atoms with van der Waals surface area (Å²) in [5.74, 6) is 1.11. The second-order valence-electron chi connectivity index (χ2n) is 6.62. The molecular formula is C22H21NO. The van der Waals surface area contributed by atoms with Crippen molar-refractivity contribution in [3.8, 4) is 28.0 Å². The van der Waals surface area contributed by atoms with Gasteiger partial charge >= 0.3 is 0 Å². The van der Waals surface area contributed by atoms with E-state index in [1.165, 1.54) is 30.4 Å². The first-order chi connectivity index (χ1) is 11.8. The van der Waals surface area contributed by atoms with E-state index < -0.39 is 0 Å². The fourth-order valence-electron chi connectivity index (χ4n) is 3.18. The highest BCUT2D eigenvalue weighted by atomic mass is 16.3. The number of hydrogen-bond acceptors (Lipinski definition) is 2. The highest BCUT2D eigenvalue weighted by Crippen LogP contribution is 2.35. The Morgan fingerprint density at radius 2 is 1.62 bits per heavy atom. The first-order valence-electron chi connectivity index (χ1n) is 8.63. The smallest absolute Gasteiger partial charge is 0.134 e. The van der Waals surface area contributed by atoms with Gasteiger partial charge in [-0.2, -0.15) is 0 Å². The molecule has 0 atom stereocenters. The van der Waals surface area contributed by atoms with E-state index in [-0.39, 0.29) is 5.75 Å². The van der Waals surface area contributed by atoms with Crippen LogP contribution < -0.4 is 0 Å². The summed E-state index contributed by atoms with van der Waals surface area (Å²) >= 11 is 0. The van der Waals surface area contributed by atoms with Gasteiger partial charge in [0.05, 0.1) is 6.20 Å². The third-order valence-corrected chi connectivity index (χ3v) is 4.72. The normalized spacial score (nSPS) is 13.8. The van der Waals surface area contributed by atoms with Gasteiger partial charge in [-0.05, 0) is 47.6 Å². The van der Waals surface area contributed by atoms with Crippen LogP contribution in [0.2, 0.25) is 0 Å². The summed E-state index contributed by atoms with van der Waals surface area (Å²) in [5.41, 5.74) is 5.64. The molecule has 2 aromatic carbocycles. The van der Waals surface area contributed by atoms with Crippen LogP contribution in [0.5, 0.6) is 5.75 Å². The summed E-state index contributed by atoms with van der Waals surface area (Å²) in [5, 5.41) is 9.91. The van der Waals surface area contributed by atoms with Crippen molar-refractivity contribution in [3.63, 3.8) is 0 Å². The molecule has 0 amide bonds. The lowest BCUT2D eigenvalue weighted by Gasteiger charge is -2.11. The van der Waals surface area contributed by atoms with Gasteiger partial charge in [-0.3, -0.25) is 4.98 Å². The van der Waals surface area contributed by atoms with Crippen LogP contribution in [0.4, 0.5) is 0 Å². The van der Waals surface area contributed by atoms with E-state index in [1.807, 2.05) is 12.1 Å². The Labute approximate surface area is 142 Å². The topological polar surface area (TPSA) is 33.1 Å². The minimum absolute atomic E-state index is 0.227. The molecule has 0 unspecified atom stereocenters. The summed E-state index contributed by atoms with van der Waals surface area (Å²) in [4.78, 5) is 4.51. The van der Waals surface area contributed by atoms with E-state index in [1.54, 1.807) is 6.20 Å². The monoisotopic (exact) mass is 315 g/mol. The van der Waals surface area contributed by atoms with E-state index >= 15 is 0 Å².